The number of hydrogen-bond donors (Lipinski definition) is 2. The lowest BCUT2D eigenvalue weighted by Crippen LogP contribution is -2.49. The minimum Gasteiger partial charge on any atom is -0.361 e. The molecule has 0 spiro atoms. The number of nitrogens with zero attached hydrogens (tertiary/aromatic N) is 1. The summed E-state index contributed by atoms with van der Waals surface area (Å²) in [5.41, 5.74) is 3.44. The van der Waals surface area contributed by atoms with E-state index >= 15 is 0 Å². The molecule has 1 amide bonds. The van der Waals surface area contributed by atoms with Gasteiger partial charge >= 0.3 is 0 Å². The van der Waals surface area contributed by atoms with E-state index in [1.165, 1.54) is 10.9 Å². The number of carbonyl (C=O) groups excluding carboxylic acids is 1. The third-order valence-corrected chi connectivity index (χ3v) is 4.22. The van der Waals surface area contributed by atoms with Gasteiger partial charge in [-0.15, -0.1) is 0 Å². The molecule has 2 heterocycles. The zero-order valence-corrected chi connectivity index (χ0v) is 13.4. The van der Waals surface area contributed by atoms with Crippen molar-refractivity contribution in [1.82, 2.24) is 10.3 Å². The van der Waals surface area contributed by atoms with Crippen LogP contribution >= 0.6 is 0 Å². The van der Waals surface area contributed by atoms with Crippen LogP contribution in [-0.2, 0) is 11.2 Å². The molecule has 3 rings (SSSR count). The highest BCUT2D eigenvalue weighted by atomic mass is 16.2. The maximum absolute atomic E-state index is 12.1. The maximum atomic E-state index is 12.1. The summed E-state index contributed by atoms with van der Waals surface area (Å²) < 4.78 is 0. The maximum Gasteiger partial charge on any atom is 0.245 e. The molecule has 116 valence electrons. The van der Waals surface area contributed by atoms with Crippen molar-refractivity contribution in [2.45, 2.75) is 45.7 Å². The molecule has 2 unspecified atom stereocenters. The van der Waals surface area contributed by atoms with Gasteiger partial charge in [0, 0.05) is 29.2 Å². The van der Waals surface area contributed by atoms with Crippen molar-refractivity contribution in [2.75, 3.05) is 0 Å². The third kappa shape index (κ3) is 2.91. The second kappa shape index (κ2) is 5.95. The van der Waals surface area contributed by atoms with E-state index in [1.54, 1.807) is 0 Å². The molecule has 2 aromatic rings. The van der Waals surface area contributed by atoms with Gasteiger partial charge in [0.15, 0.2) is 0 Å². The molecule has 1 aromatic carbocycles. The minimum absolute atomic E-state index is 0.00424. The predicted octanol–water partition coefficient (Wildman–Crippen LogP) is 3.08. The van der Waals surface area contributed by atoms with Gasteiger partial charge in [0.25, 0.3) is 0 Å². The largest absolute Gasteiger partial charge is 0.361 e. The molecule has 2 atom stereocenters. The quantitative estimate of drug-likeness (QED) is 0.895. The van der Waals surface area contributed by atoms with Crippen LogP contribution in [0.25, 0.3) is 10.9 Å². The summed E-state index contributed by atoms with van der Waals surface area (Å²) in [6, 6.07) is 8.05. The highest BCUT2D eigenvalue weighted by Crippen LogP contribution is 2.21. The van der Waals surface area contributed by atoms with Crippen molar-refractivity contribution in [1.29, 1.82) is 0 Å². The Hall–Kier alpha value is -2.10. The van der Waals surface area contributed by atoms with Crippen molar-refractivity contribution < 1.29 is 4.79 Å². The Labute approximate surface area is 131 Å². The normalized spacial score (nSPS) is 22.0. The molecule has 2 N–H and O–H groups in total. The Balaban J connectivity index is 1.87. The van der Waals surface area contributed by atoms with Crippen molar-refractivity contribution >= 4 is 22.5 Å². The van der Waals surface area contributed by atoms with Crippen LogP contribution in [0.1, 0.15) is 32.8 Å². The predicted molar refractivity (Wildman–Crippen MR) is 90.3 cm³/mol. The topological polar surface area (TPSA) is 57.2 Å². The second-order valence-electron chi connectivity index (χ2n) is 6.53. The first-order valence-electron chi connectivity index (χ1n) is 7.96. The molecule has 1 aromatic heterocycles. The van der Waals surface area contributed by atoms with E-state index in [0.29, 0.717) is 5.92 Å². The molecule has 1 aliphatic heterocycles. The van der Waals surface area contributed by atoms with Crippen LogP contribution in [0.15, 0.2) is 35.5 Å². The summed E-state index contributed by atoms with van der Waals surface area (Å²) in [5.74, 6) is 0.520. The number of H-pyrrole nitrogens is 1. The monoisotopic (exact) mass is 297 g/mol. The number of rotatable bonds is 4. The zero-order valence-electron chi connectivity index (χ0n) is 13.4. The molecule has 1 aliphatic rings. The summed E-state index contributed by atoms with van der Waals surface area (Å²) in [7, 11) is 0. The lowest BCUT2D eigenvalue weighted by molar-refractivity contribution is -0.123. The number of aromatic amines is 1. The highest BCUT2D eigenvalue weighted by Gasteiger charge is 2.28. The van der Waals surface area contributed by atoms with Crippen LogP contribution in [0.4, 0.5) is 0 Å². The first kappa shape index (κ1) is 14.8. The van der Waals surface area contributed by atoms with Gasteiger partial charge in [-0.1, -0.05) is 32.0 Å². The average molecular weight is 297 g/mol. The first-order valence-corrected chi connectivity index (χ1v) is 7.96. The minimum atomic E-state index is -0.239. The highest BCUT2D eigenvalue weighted by molar-refractivity contribution is 6.01. The number of nitrogens with one attached hydrogen (secondary N) is 2. The van der Waals surface area contributed by atoms with E-state index in [2.05, 4.69) is 42.3 Å². The fourth-order valence-corrected chi connectivity index (χ4v) is 3.04. The summed E-state index contributed by atoms with van der Waals surface area (Å²) in [6.45, 7) is 6.26. The van der Waals surface area contributed by atoms with Crippen LogP contribution in [0.2, 0.25) is 0 Å². The Morgan fingerprint density at radius 3 is 2.82 bits per heavy atom. The Morgan fingerprint density at radius 1 is 1.27 bits per heavy atom. The fraction of sp³-hybridized carbons (Fsp3) is 0.444. The average Bonchev–Trinajstić information content (AvgIpc) is 2.87. The number of hydrogen-bond acceptors (Lipinski definition) is 2. The number of fused-ring (bicyclic) bond motifs is 1. The van der Waals surface area contributed by atoms with Crippen LogP contribution in [-0.4, -0.2) is 28.7 Å². The smallest absolute Gasteiger partial charge is 0.245 e. The molecule has 0 saturated carbocycles. The number of benzene rings is 1. The molecular weight excluding hydrogens is 274 g/mol. The van der Waals surface area contributed by atoms with Crippen LogP contribution in [0.5, 0.6) is 0 Å². The molecule has 22 heavy (non-hydrogen) atoms. The molecular formula is C18H23N3O. The van der Waals surface area contributed by atoms with Crippen LogP contribution < -0.4 is 5.32 Å². The third-order valence-electron chi connectivity index (χ3n) is 4.22. The van der Waals surface area contributed by atoms with E-state index in [4.69, 9.17) is 4.99 Å². The van der Waals surface area contributed by atoms with Crippen molar-refractivity contribution in [3.63, 3.8) is 0 Å². The van der Waals surface area contributed by atoms with Crippen molar-refractivity contribution in [3.05, 3.63) is 36.0 Å². The summed E-state index contributed by atoms with van der Waals surface area (Å²) in [4.78, 5) is 20.1. The summed E-state index contributed by atoms with van der Waals surface area (Å²) in [6.07, 6.45) is 3.63. The number of aliphatic imine (C=N–C) groups is 1. The van der Waals surface area contributed by atoms with Gasteiger partial charge in [-0.2, -0.15) is 0 Å². The Kier molecular flexibility index (Phi) is 4.01. The van der Waals surface area contributed by atoms with E-state index in [0.717, 1.165) is 24.1 Å². The van der Waals surface area contributed by atoms with Crippen molar-refractivity contribution in [3.8, 4) is 0 Å². The Morgan fingerprint density at radius 2 is 2.05 bits per heavy atom. The SMILES string of the molecule is CC(C)CC1N=C(Cc2c[nH]c3ccccc23)C(C)NC1=O. The van der Waals surface area contributed by atoms with Gasteiger partial charge < -0.3 is 10.3 Å². The number of carbonyl (C=O) groups is 1. The number of aromatic nitrogens is 1. The van der Waals surface area contributed by atoms with Gasteiger partial charge in [-0.25, -0.2) is 0 Å². The molecule has 0 radical (unpaired) electrons. The van der Waals surface area contributed by atoms with E-state index in [9.17, 15) is 4.79 Å². The van der Waals surface area contributed by atoms with Gasteiger partial charge in [-0.05, 0) is 30.9 Å². The van der Waals surface area contributed by atoms with E-state index in [-0.39, 0.29) is 18.0 Å². The van der Waals surface area contributed by atoms with Gasteiger partial charge in [0.2, 0.25) is 5.91 Å². The molecule has 0 fully saturated rings. The summed E-state index contributed by atoms with van der Waals surface area (Å²) >= 11 is 0. The van der Waals surface area contributed by atoms with Crippen molar-refractivity contribution in [2.24, 2.45) is 10.9 Å². The second-order valence-corrected chi connectivity index (χ2v) is 6.53. The first-order chi connectivity index (χ1) is 10.5. The van der Waals surface area contributed by atoms with Gasteiger partial charge in [0.05, 0.1) is 6.04 Å². The number of amides is 1. The lowest BCUT2D eigenvalue weighted by atomic mass is 9.97. The molecule has 0 aliphatic carbocycles. The van der Waals surface area contributed by atoms with Crippen LogP contribution in [0, 0.1) is 5.92 Å². The molecule has 4 heteroatoms. The lowest BCUT2D eigenvalue weighted by Gasteiger charge is -2.27. The van der Waals surface area contributed by atoms with E-state index < -0.39 is 0 Å². The summed E-state index contributed by atoms with van der Waals surface area (Å²) in [5, 5.41) is 4.30. The van der Waals surface area contributed by atoms with Gasteiger partial charge in [-0.3, -0.25) is 9.79 Å². The number of para-hydroxylation sites is 1. The molecule has 4 nitrogen and oxygen atoms in total. The van der Waals surface area contributed by atoms with Gasteiger partial charge in [0.1, 0.15) is 6.04 Å². The Bertz CT molecular complexity index is 714. The standard InChI is InChI=1S/C18H23N3O/c1-11(2)8-17-18(22)20-12(3)16(21-17)9-13-10-19-15-7-5-4-6-14(13)15/h4-7,10-12,17,19H,8-9H2,1-3H3,(H,20,22). The van der Waals surface area contributed by atoms with E-state index in [1.807, 2.05) is 19.2 Å². The van der Waals surface area contributed by atoms with Crippen LogP contribution in [0.3, 0.4) is 0 Å². The molecule has 0 saturated heterocycles. The fourth-order valence-electron chi connectivity index (χ4n) is 3.04. The zero-order chi connectivity index (χ0) is 15.7. The molecule has 0 bridgehead atoms.